The number of aryl methyl sites for hydroxylation is 4. The van der Waals surface area contributed by atoms with Gasteiger partial charge in [-0.15, -0.1) is 0 Å². The minimum absolute atomic E-state index is 0. The smallest absolute Gasteiger partial charge is 0.357 e. The second-order valence-corrected chi connectivity index (χ2v) is 26.5. The number of halogens is 2. The van der Waals surface area contributed by atoms with E-state index in [-0.39, 0.29) is 40.0 Å². The Bertz CT molecular complexity index is 4810. The molecule has 105 heavy (non-hydrogen) atoms. The Morgan fingerprint density at radius 3 is 1.10 bits per heavy atom. The first-order chi connectivity index (χ1) is 48.9. The van der Waals surface area contributed by atoms with Gasteiger partial charge >= 0.3 is 33.7 Å². The molecule has 0 saturated carbocycles. The maximum Gasteiger partial charge on any atom is 0.357 e. The highest BCUT2D eigenvalue weighted by atomic mass is 35.5. The summed E-state index contributed by atoms with van der Waals surface area (Å²) in [6.07, 6.45) is 1.39. The van der Waals surface area contributed by atoms with Crippen LogP contribution in [0.25, 0.3) is 32.7 Å². The van der Waals surface area contributed by atoms with Gasteiger partial charge in [-0.05, 0) is 158 Å². The van der Waals surface area contributed by atoms with Gasteiger partial charge in [-0.1, -0.05) is 93.5 Å². The molecule has 27 nitrogen and oxygen atoms in total. The Morgan fingerprint density at radius 1 is 0.448 bits per heavy atom. The van der Waals surface area contributed by atoms with Crippen molar-refractivity contribution >= 4 is 108 Å². The van der Waals surface area contributed by atoms with Crippen molar-refractivity contribution in [3.8, 4) is 5.75 Å². The number of ether oxygens (including phenoxy) is 1. The summed E-state index contributed by atoms with van der Waals surface area (Å²) in [5.74, 6) is 0.340. The van der Waals surface area contributed by atoms with E-state index in [1.165, 1.54) is 13.7 Å². The van der Waals surface area contributed by atoms with Gasteiger partial charge in [0.2, 0.25) is 0 Å². The monoisotopic (exact) mass is 1480 g/mol. The zero-order valence-electron chi connectivity index (χ0n) is 57.8. The number of carbonyl (C=O) groups is 3. The van der Waals surface area contributed by atoms with Crippen molar-refractivity contribution in [2.24, 2.45) is 7.05 Å². The molecule has 0 bridgehead atoms. The number of pyridine rings is 3. The standard InChI is InChI=1S/C26H31N5O5.C25H28ClN5O4.C22H21ClN4O4.3CH4/c1-27(2)13-6-14-30-22-8-5-4-7-21(22)23(24(26(30)33)31(34)35)28-15-17-29(18-16-28)25(32)19-9-11-20(36-3)12-10-19;1-27(2)12-5-13-30-21-7-4-3-6-20(21)22(23(25(30)33)31(34)35)28-14-16-29(17-15-28)24(32)18-8-10-19(26)11-9-18;1-14-3-8-18-17(13-14)19(20(27(30)31)22(29)24(18)2)25-9-11-26(12-10-25)21(28)15-4-6-16(23)7-5-15;;;/h4-5,7-12H,6,13-18H2,1-3H3;3-4,6-11H,5,12-17H2,1-2H3;3-8,13H,9-12H2,1-2H3;3*1H4. The number of aromatic nitrogens is 3. The minimum Gasteiger partial charge on any atom is -0.497 e. The second-order valence-electron chi connectivity index (χ2n) is 25.6. The van der Waals surface area contributed by atoms with Crippen LogP contribution in [0.1, 0.15) is 71.8 Å². The predicted octanol–water partition coefficient (Wildman–Crippen LogP) is 11.6. The van der Waals surface area contributed by atoms with E-state index in [2.05, 4.69) is 0 Å². The largest absolute Gasteiger partial charge is 0.497 e. The fourth-order valence-corrected chi connectivity index (χ4v) is 13.5. The van der Waals surface area contributed by atoms with Gasteiger partial charge in [0.05, 0.1) is 38.4 Å². The first kappa shape index (κ1) is 81.6. The van der Waals surface area contributed by atoms with Crippen molar-refractivity contribution < 1.29 is 33.9 Å². The normalized spacial score (nSPS) is 13.6. The summed E-state index contributed by atoms with van der Waals surface area (Å²) < 4.78 is 9.51. The van der Waals surface area contributed by atoms with Gasteiger partial charge in [-0.25, -0.2) is 0 Å². The molecule has 29 heteroatoms. The first-order valence-corrected chi connectivity index (χ1v) is 34.1. The first-order valence-electron chi connectivity index (χ1n) is 33.3. The van der Waals surface area contributed by atoms with Gasteiger partial charge in [0, 0.05) is 142 Å². The number of anilines is 3. The molecule has 6 heterocycles. The summed E-state index contributed by atoms with van der Waals surface area (Å²) in [5.41, 5.74) is 2.48. The van der Waals surface area contributed by atoms with E-state index >= 15 is 0 Å². The Morgan fingerprint density at radius 2 is 0.771 bits per heavy atom. The Hall–Kier alpha value is -10.7. The molecule has 0 aliphatic carbocycles. The molecule has 0 atom stereocenters. The summed E-state index contributed by atoms with van der Waals surface area (Å²) in [4.78, 5) is 127. The fourth-order valence-electron chi connectivity index (χ4n) is 13.2. The van der Waals surface area contributed by atoms with Crippen LogP contribution in [0.2, 0.25) is 10.0 Å². The lowest BCUT2D eigenvalue weighted by atomic mass is 10.1. The van der Waals surface area contributed by atoms with Crippen LogP contribution in [0.3, 0.4) is 0 Å². The van der Waals surface area contributed by atoms with E-state index < -0.39 is 48.5 Å². The van der Waals surface area contributed by atoms with Crippen molar-refractivity contribution in [3.63, 3.8) is 0 Å². The number of amides is 3. The van der Waals surface area contributed by atoms with Gasteiger partial charge in [0.15, 0.2) is 0 Å². The quantitative estimate of drug-likeness (QED) is 0.0570. The predicted molar refractivity (Wildman–Crippen MR) is 417 cm³/mol. The highest BCUT2D eigenvalue weighted by Gasteiger charge is 2.36. The molecule has 3 fully saturated rings. The number of nitrogens with zero attached hydrogens (tertiary/aromatic N) is 14. The van der Waals surface area contributed by atoms with Crippen LogP contribution in [0, 0.1) is 37.3 Å². The van der Waals surface area contributed by atoms with Gasteiger partial charge in [0.1, 0.15) is 22.8 Å². The van der Waals surface area contributed by atoms with Crippen LogP contribution in [-0.2, 0) is 20.1 Å². The summed E-state index contributed by atoms with van der Waals surface area (Å²) in [6, 6.07) is 40.5. The highest BCUT2D eigenvalue weighted by molar-refractivity contribution is 6.31. The van der Waals surface area contributed by atoms with E-state index in [0.29, 0.717) is 187 Å². The van der Waals surface area contributed by atoms with Crippen LogP contribution in [0.4, 0.5) is 34.1 Å². The lowest BCUT2D eigenvalue weighted by molar-refractivity contribution is -0.385. The third-order valence-electron chi connectivity index (χ3n) is 18.4. The van der Waals surface area contributed by atoms with Crippen LogP contribution in [-0.4, -0.2) is 198 Å². The number of rotatable bonds is 18. The number of hydrogen-bond donors (Lipinski definition) is 0. The summed E-state index contributed by atoms with van der Waals surface area (Å²) in [7, 11) is 10.9. The van der Waals surface area contributed by atoms with Crippen LogP contribution in [0.15, 0.2) is 154 Å². The molecule has 3 saturated heterocycles. The molecule has 0 unspecified atom stereocenters. The van der Waals surface area contributed by atoms with E-state index in [9.17, 15) is 59.1 Å². The van der Waals surface area contributed by atoms with Crippen molar-refractivity contribution in [2.45, 2.75) is 55.1 Å². The van der Waals surface area contributed by atoms with Crippen molar-refractivity contribution in [3.05, 3.63) is 233 Å². The molecule has 558 valence electrons. The molecule has 3 aliphatic rings. The number of fused-ring (bicyclic) bond motifs is 3. The number of methoxy groups -OCH3 is 1. The second kappa shape index (κ2) is 36.1. The maximum absolute atomic E-state index is 13.4. The molecule has 0 spiro atoms. The van der Waals surface area contributed by atoms with Crippen LogP contribution < -0.4 is 36.1 Å². The molecule has 9 aromatic rings. The highest BCUT2D eigenvalue weighted by Crippen LogP contribution is 2.38. The lowest BCUT2D eigenvalue weighted by Crippen LogP contribution is -2.49. The fraction of sp³-hybridized carbons (Fsp3) is 0.368. The molecule has 0 N–H and O–H groups in total. The maximum atomic E-state index is 13.4. The third-order valence-corrected chi connectivity index (χ3v) is 18.9. The molecule has 0 radical (unpaired) electrons. The molecular weight excluding hydrogens is 1390 g/mol. The van der Waals surface area contributed by atoms with E-state index in [0.717, 1.165) is 18.7 Å². The SMILES string of the molecule is C.C.C.CN(C)CCCn1c(=O)c([N+](=O)[O-])c(N2CCN(C(=O)c3ccc(Cl)cc3)CC2)c2ccccc21.COc1ccc(C(=O)N2CCN(c3c([N+](=O)[O-])c(=O)n(CCCN(C)C)c4ccccc34)CC2)cc1.Cc1ccc2c(c1)c(N1CCN(C(=O)c3ccc(Cl)cc3)CC1)c([N+](=O)[O-])c(=O)n2C. The minimum atomic E-state index is -0.643. The van der Waals surface area contributed by atoms with Gasteiger partial charge in [-0.3, -0.25) is 59.1 Å². The van der Waals surface area contributed by atoms with Crippen molar-refractivity contribution in [1.82, 2.24) is 38.2 Å². The van der Waals surface area contributed by atoms with Gasteiger partial charge in [-0.2, -0.15) is 0 Å². The molecule has 6 aromatic carbocycles. The Balaban J connectivity index is 0.000000217. The molecule has 3 amide bonds. The number of nitro groups is 3. The average molecular weight is 1480 g/mol. The van der Waals surface area contributed by atoms with Crippen molar-refractivity contribution in [1.29, 1.82) is 0 Å². The molecule has 3 aliphatic heterocycles. The summed E-state index contributed by atoms with van der Waals surface area (Å²) in [5, 5.41) is 39.2. The molecule has 12 rings (SSSR count). The number of piperazine rings is 3. The average Bonchev–Trinajstić information content (AvgIpc) is 0.761. The number of hydrogen-bond acceptors (Lipinski definition) is 18. The third kappa shape index (κ3) is 18.3. The lowest BCUT2D eigenvalue weighted by Gasteiger charge is -2.36. The van der Waals surface area contributed by atoms with E-state index in [1.54, 1.807) is 108 Å². The van der Waals surface area contributed by atoms with Crippen molar-refractivity contribution in [2.75, 3.05) is 142 Å². The molecule has 3 aromatic heterocycles. The summed E-state index contributed by atoms with van der Waals surface area (Å²) >= 11 is 11.8. The van der Waals surface area contributed by atoms with E-state index in [1.807, 2.05) is 120 Å². The van der Waals surface area contributed by atoms with Crippen LogP contribution in [0.5, 0.6) is 5.75 Å². The zero-order chi connectivity index (χ0) is 73.2. The topological polar surface area (TPSA) is 282 Å². The summed E-state index contributed by atoms with van der Waals surface area (Å²) in [6.45, 7) is 8.86. The number of carbonyl (C=O) groups excluding carboxylic acids is 3. The van der Waals surface area contributed by atoms with E-state index in [4.69, 9.17) is 27.9 Å². The van der Waals surface area contributed by atoms with Gasteiger partial charge in [0.25, 0.3) is 17.7 Å². The van der Waals surface area contributed by atoms with Gasteiger partial charge < -0.3 is 57.6 Å². The number of benzene rings is 6. The Labute approximate surface area is 619 Å². The zero-order valence-corrected chi connectivity index (χ0v) is 59.3. The van der Waals surface area contributed by atoms with Crippen LogP contribution >= 0.6 is 23.2 Å². The number of para-hydroxylation sites is 2. The molecular formula is C76H92Cl2N14O13. The Kier molecular flexibility index (Phi) is 28.1.